The molecular formula is C41H36IO8-. The molecule has 0 fully saturated rings. The van der Waals surface area contributed by atoms with E-state index in [2.05, 4.69) is 0 Å². The minimum atomic E-state index is -0.958. The molecule has 0 atom stereocenters. The molecule has 0 saturated heterocycles. The molecule has 0 radical (unpaired) electrons. The molecule has 4 aromatic carbocycles. The Morgan fingerprint density at radius 3 is 1.12 bits per heavy atom. The van der Waals surface area contributed by atoms with Crippen molar-refractivity contribution in [3.63, 3.8) is 0 Å². The van der Waals surface area contributed by atoms with Crippen molar-refractivity contribution >= 4 is 35.0 Å². The van der Waals surface area contributed by atoms with Gasteiger partial charge in [0, 0.05) is 0 Å². The van der Waals surface area contributed by atoms with Crippen LogP contribution in [0.2, 0.25) is 0 Å². The number of carbonyl (C=O) groups excluding carboxylic acids is 4. The van der Waals surface area contributed by atoms with E-state index in [1.807, 2.05) is 121 Å². The maximum absolute atomic E-state index is 13.1. The number of halogens is 1. The maximum atomic E-state index is 13.1. The molecule has 4 aromatic rings. The fraction of sp³-hybridized carbons (Fsp3) is 0.122. The Balaban J connectivity index is 1.51. The number of benzene rings is 4. The third kappa shape index (κ3) is 11.0. The van der Waals surface area contributed by atoms with Crippen LogP contribution in [0, 0.1) is 0 Å². The molecule has 0 bridgehead atoms. The summed E-state index contributed by atoms with van der Waals surface area (Å²) >= 11 is -0.934. The van der Waals surface area contributed by atoms with Crippen molar-refractivity contribution in [1.82, 2.24) is 0 Å². The van der Waals surface area contributed by atoms with Crippen LogP contribution >= 0.6 is 0 Å². The second-order valence-electron chi connectivity index (χ2n) is 10.3. The molecule has 0 N–H and O–H groups in total. The number of alkyl halides is 1. The predicted molar refractivity (Wildman–Crippen MR) is 187 cm³/mol. The normalized spacial score (nSPS) is 11.2. The monoisotopic (exact) mass is 783 g/mol. The van der Waals surface area contributed by atoms with E-state index in [4.69, 9.17) is 17.3 Å². The Morgan fingerprint density at radius 1 is 0.480 bits per heavy atom. The Kier molecular flexibility index (Phi) is 15.0. The molecule has 256 valence electrons. The molecule has 0 amide bonds. The van der Waals surface area contributed by atoms with E-state index in [-0.39, 0.29) is 31.0 Å². The zero-order valence-electron chi connectivity index (χ0n) is 27.6. The van der Waals surface area contributed by atoms with Gasteiger partial charge < -0.3 is 0 Å². The molecule has 0 spiro atoms. The first kappa shape index (κ1) is 37.3. The van der Waals surface area contributed by atoms with Gasteiger partial charge in [-0.25, -0.2) is 0 Å². The van der Waals surface area contributed by atoms with Crippen molar-refractivity contribution in [3.8, 4) is 0 Å². The Morgan fingerprint density at radius 2 is 0.800 bits per heavy atom. The van der Waals surface area contributed by atoms with Crippen molar-refractivity contribution in [2.24, 2.45) is 0 Å². The molecule has 4 rings (SSSR count). The van der Waals surface area contributed by atoms with Crippen molar-refractivity contribution in [2.75, 3.05) is 24.8 Å². The number of carbonyl (C=O) groups is 4. The second-order valence-corrected chi connectivity index (χ2v) is 11.6. The van der Waals surface area contributed by atoms with Crippen LogP contribution in [0.1, 0.15) is 29.2 Å². The molecule has 0 aromatic heterocycles. The van der Waals surface area contributed by atoms with Crippen molar-refractivity contribution < 1.29 is 58.1 Å². The topological polar surface area (TPSA) is 105 Å². The van der Waals surface area contributed by atoms with E-state index in [1.54, 1.807) is 24.0 Å². The number of rotatable bonds is 15. The predicted octanol–water partition coefficient (Wildman–Crippen LogP) is 3.93. The first-order valence-corrected chi connectivity index (χ1v) is 18.7. The minimum absolute atomic E-state index is 0.0466. The van der Waals surface area contributed by atoms with Crippen LogP contribution in [0.4, 0.5) is 0 Å². The van der Waals surface area contributed by atoms with Gasteiger partial charge in [0.05, 0.1) is 6.61 Å². The Labute approximate surface area is 302 Å². The molecule has 9 heteroatoms. The van der Waals surface area contributed by atoms with E-state index >= 15 is 0 Å². The molecule has 0 unspecified atom stereocenters. The summed E-state index contributed by atoms with van der Waals surface area (Å²) < 4.78 is 21.0. The van der Waals surface area contributed by atoms with Crippen molar-refractivity contribution in [2.45, 2.75) is 6.92 Å². The zero-order valence-corrected chi connectivity index (χ0v) is 29.8. The number of esters is 3. The summed E-state index contributed by atoms with van der Waals surface area (Å²) in [6, 6.07) is 38.1. The fourth-order valence-electron chi connectivity index (χ4n) is 4.71. The van der Waals surface area contributed by atoms with Crippen LogP contribution in [0.3, 0.4) is 0 Å². The van der Waals surface area contributed by atoms with Crippen LogP contribution in [0.25, 0.3) is 11.1 Å². The van der Waals surface area contributed by atoms with E-state index < -0.39 is 45.5 Å². The molecule has 0 aliphatic rings. The molecule has 0 saturated carbocycles. The number of hydrogen-bond donors (Lipinski definition) is 0. The van der Waals surface area contributed by atoms with Gasteiger partial charge >= 0.3 is 213 Å². The number of allylic oxidation sites excluding steroid dienone is 4. The summed E-state index contributed by atoms with van der Waals surface area (Å²) in [7, 11) is 0. The van der Waals surface area contributed by atoms with Gasteiger partial charge in [0.1, 0.15) is 0 Å². The van der Waals surface area contributed by atoms with Crippen LogP contribution in [0.15, 0.2) is 157 Å². The quantitative estimate of drug-likeness (QED) is 0.0206. The van der Waals surface area contributed by atoms with Crippen molar-refractivity contribution in [1.29, 1.82) is 0 Å². The van der Waals surface area contributed by atoms with Crippen LogP contribution in [-0.2, 0) is 36.5 Å². The molecule has 0 aliphatic heterocycles. The van der Waals surface area contributed by atoms with Gasteiger partial charge in [0.25, 0.3) is 0 Å². The second kappa shape index (κ2) is 20.1. The Hall–Kier alpha value is -5.55. The van der Waals surface area contributed by atoms with Gasteiger partial charge in [-0.05, 0) is 23.6 Å². The van der Waals surface area contributed by atoms with E-state index in [1.165, 1.54) is 12.2 Å². The van der Waals surface area contributed by atoms with E-state index in [0.29, 0.717) is 0 Å². The Bertz CT molecular complexity index is 1640. The van der Waals surface area contributed by atoms with Gasteiger partial charge in [-0.15, -0.1) is 0 Å². The van der Waals surface area contributed by atoms with Gasteiger partial charge in [-0.2, -0.15) is 0 Å². The van der Waals surface area contributed by atoms with Crippen LogP contribution in [-0.4, -0.2) is 48.6 Å². The van der Waals surface area contributed by atoms with E-state index in [0.717, 1.165) is 33.4 Å². The molecule has 0 aliphatic carbocycles. The molecule has 8 nitrogen and oxygen atoms in total. The van der Waals surface area contributed by atoms with Gasteiger partial charge in [0.15, 0.2) is 0 Å². The van der Waals surface area contributed by atoms with Crippen molar-refractivity contribution in [3.05, 3.63) is 179 Å². The average Bonchev–Trinajstić information content (AvgIpc) is 3.15. The van der Waals surface area contributed by atoms with E-state index in [9.17, 15) is 19.2 Å². The summed E-state index contributed by atoms with van der Waals surface area (Å²) in [5.74, 6) is -3.58. The summed E-state index contributed by atoms with van der Waals surface area (Å²) in [5, 5.41) is 0. The van der Waals surface area contributed by atoms with Gasteiger partial charge in [-0.3, -0.25) is 0 Å². The number of hydrogen-bond acceptors (Lipinski definition) is 8. The summed E-state index contributed by atoms with van der Waals surface area (Å²) in [6.07, 6.45) is 6.05. The number of ether oxygens (including phenoxy) is 3. The standard InChI is InChI=1S/C41H36IO8/c1-3-47-38(43)36(26-24-34(30-16-8-4-9-17-30)31-18-10-5-11-19-31)39(44)48-28-29-49-40(45)37(41(46)50-42-2)27-25-35(32-20-12-6-13-21-32)33-22-14-7-15-23-33/h4-27H,3,28-29H2,1-2H3/q-1/b36-26-,37-27+. The first-order chi connectivity index (χ1) is 24.4. The zero-order chi connectivity index (χ0) is 35.6. The molecule has 50 heavy (non-hydrogen) atoms. The first-order valence-electron chi connectivity index (χ1n) is 15.7. The van der Waals surface area contributed by atoms with Crippen LogP contribution < -0.4 is 21.6 Å². The fourth-order valence-corrected chi connectivity index (χ4v) is 5.34. The van der Waals surface area contributed by atoms with Gasteiger partial charge in [-0.1, -0.05) is 60.7 Å². The molecular weight excluding hydrogens is 747 g/mol. The summed E-state index contributed by atoms with van der Waals surface area (Å²) in [4.78, 5) is 53.6. The summed E-state index contributed by atoms with van der Waals surface area (Å²) in [5.41, 5.74) is 4.41. The van der Waals surface area contributed by atoms with Crippen LogP contribution in [0.5, 0.6) is 0 Å². The SMILES string of the molecule is CCOC(=O)/C(=C/C=C(c1ccccc1)c1ccccc1)C(=O)OCCOC(=O)/C(=C\C=C(c1ccccc1)c1ccccc1)C(=O)O[I-]C. The third-order valence-electron chi connectivity index (χ3n) is 7.02. The molecule has 0 heterocycles. The average molecular weight is 784 g/mol. The van der Waals surface area contributed by atoms with Gasteiger partial charge in [0.2, 0.25) is 0 Å². The summed E-state index contributed by atoms with van der Waals surface area (Å²) in [6.45, 7) is 0.915. The third-order valence-corrected chi connectivity index (χ3v) is 7.86.